The van der Waals surface area contributed by atoms with E-state index in [2.05, 4.69) is 34.1 Å². The Morgan fingerprint density at radius 3 is 2.93 bits per heavy atom. The van der Waals surface area contributed by atoms with Gasteiger partial charge in [-0.25, -0.2) is 0 Å². The van der Waals surface area contributed by atoms with E-state index in [1.807, 2.05) is 11.8 Å². The van der Waals surface area contributed by atoms with E-state index in [-0.39, 0.29) is 4.93 Å². The third kappa shape index (κ3) is 1.85. The summed E-state index contributed by atoms with van der Waals surface area (Å²) in [5, 5.41) is 0. The predicted octanol–water partition coefficient (Wildman–Crippen LogP) is 3.40. The molecule has 1 atom stereocenters. The van der Waals surface area contributed by atoms with Crippen molar-refractivity contribution in [2.75, 3.05) is 12.4 Å². The average molecular weight is 285 g/mol. The molecule has 3 heteroatoms. The molecule has 2 aliphatic rings. The minimum atomic E-state index is 0.0708. The van der Waals surface area contributed by atoms with Gasteiger partial charge in [0.25, 0.3) is 0 Å². The Morgan fingerprint density at radius 2 is 2.13 bits per heavy atom. The van der Waals surface area contributed by atoms with Crippen LogP contribution in [0.5, 0.6) is 0 Å². The van der Waals surface area contributed by atoms with Crippen molar-refractivity contribution in [2.24, 2.45) is 0 Å². The number of fused-ring (bicyclic) bond motifs is 1. The lowest BCUT2D eigenvalue weighted by atomic mass is 10.1. The van der Waals surface area contributed by atoms with Crippen LogP contribution in [0.25, 0.3) is 0 Å². The molecule has 80 valence electrons. The standard InChI is InChI=1S/C12H13BrOS/c13-11-3-2-9-7-12(8-10(9)6-11)14-4-1-5-15-12/h2-3,6H,1,4-5,7-8H2. The number of hydrogen-bond donors (Lipinski definition) is 0. The number of rotatable bonds is 0. The van der Waals surface area contributed by atoms with Gasteiger partial charge in [0.05, 0.1) is 0 Å². The van der Waals surface area contributed by atoms with Crippen LogP contribution in [-0.2, 0) is 17.6 Å². The predicted molar refractivity (Wildman–Crippen MR) is 67.3 cm³/mol. The Kier molecular flexibility index (Phi) is 2.57. The molecule has 1 spiro atoms. The lowest BCUT2D eigenvalue weighted by molar-refractivity contribution is 0.0269. The van der Waals surface area contributed by atoms with Crippen LogP contribution in [0.2, 0.25) is 0 Å². The molecule has 1 saturated heterocycles. The molecule has 0 aromatic heterocycles. The molecule has 1 aromatic rings. The minimum absolute atomic E-state index is 0.0708. The van der Waals surface area contributed by atoms with Gasteiger partial charge in [-0.1, -0.05) is 22.0 Å². The van der Waals surface area contributed by atoms with E-state index >= 15 is 0 Å². The van der Waals surface area contributed by atoms with Crippen molar-refractivity contribution in [1.82, 2.24) is 0 Å². The Bertz CT molecular complexity index is 385. The van der Waals surface area contributed by atoms with Crippen LogP contribution >= 0.6 is 27.7 Å². The summed E-state index contributed by atoms with van der Waals surface area (Å²) in [5.41, 5.74) is 2.92. The maximum Gasteiger partial charge on any atom is 0.121 e. The average Bonchev–Trinajstić information content (AvgIpc) is 2.56. The molecule has 0 amide bonds. The molecule has 1 unspecified atom stereocenters. The molecule has 1 fully saturated rings. The molecule has 0 N–H and O–H groups in total. The highest BCUT2D eigenvalue weighted by Crippen LogP contribution is 2.44. The first-order chi connectivity index (χ1) is 7.27. The van der Waals surface area contributed by atoms with Crippen molar-refractivity contribution >= 4 is 27.7 Å². The summed E-state index contributed by atoms with van der Waals surface area (Å²) in [6, 6.07) is 6.60. The highest BCUT2D eigenvalue weighted by atomic mass is 79.9. The second-order valence-electron chi connectivity index (χ2n) is 4.23. The summed E-state index contributed by atoms with van der Waals surface area (Å²) in [4.78, 5) is 0.0708. The van der Waals surface area contributed by atoms with Gasteiger partial charge < -0.3 is 4.74 Å². The molecular formula is C12H13BrOS. The lowest BCUT2D eigenvalue weighted by Crippen LogP contribution is -2.33. The van der Waals surface area contributed by atoms with E-state index < -0.39 is 0 Å². The molecule has 0 bridgehead atoms. The van der Waals surface area contributed by atoms with Crippen molar-refractivity contribution in [3.8, 4) is 0 Å². The Morgan fingerprint density at radius 1 is 1.27 bits per heavy atom. The van der Waals surface area contributed by atoms with Crippen molar-refractivity contribution in [3.05, 3.63) is 33.8 Å². The maximum atomic E-state index is 6.00. The SMILES string of the molecule is Brc1ccc2c(c1)CC1(C2)OCCCS1. The topological polar surface area (TPSA) is 9.23 Å². The van der Waals surface area contributed by atoms with Crippen LogP contribution in [0.15, 0.2) is 22.7 Å². The van der Waals surface area contributed by atoms with E-state index in [0.717, 1.165) is 19.4 Å². The largest absolute Gasteiger partial charge is 0.364 e. The molecule has 1 aliphatic carbocycles. The van der Waals surface area contributed by atoms with Gasteiger partial charge in [-0.2, -0.15) is 0 Å². The smallest absolute Gasteiger partial charge is 0.121 e. The highest BCUT2D eigenvalue weighted by molar-refractivity contribution is 9.10. The monoisotopic (exact) mass is 284 g/mol. The molecule has 1 nitrogen and oxygen atoms in total. The van der Waals surface area contributed by atoms with Gasteiger partial charge >= 0.3 is 0 Å². The minimum Gasteiger partial charge on any atom is -0.364 e. The van der Waals surface area contributed by atoms with Crippen LogP contribution in [0.1, 0.15) is 17.5 Å². The van der Waals surface area contributed by atoms with Crippen molar-refractivity contribution in [3.63, 3.8) is 0 Å². The summed E-state index contributed by atoms with van der Waals surface area (Å²) in [6.07, 6.45) is 3.36. The van der Waals surface area contributed by atoms with E-state index in [4.69, 9.17) is 4.74 Å². The zero-order valence-electron chi connectivity index (χ0n) is 8.46. The third-order valence-corrected chi connectivity index (χ3v) is 5.03. The normalized spacial score (nSPS) is 29.4. The Hall–Kier alpha value is 0.01000. The zero-order chi connectivity index (χ0) is 10.3. The number of thioether (sulfide) groups is 1. The fraction of sp³-hybridized carbons (Fsp3) is 0.500. The summed E-state index contributed by atoms with van der Waals surface area (Å²) < 4.78 is 7.18. The first-order valence-corrected chi connectivity index (χ1v) is 7.11. The molecule has 3 rings (SSSR count). The molecule has 1 heterocycles. The van der Waals surface area contributed by atoms with Crippen molar-refractivity contribution in [2.45, 2.75) is 24.2 Å². The fourth-order valence-corrected chi connectivity index (χ4v) is 4.12. The van der Waals surface area contributed by atoms with Gasteiger partial charge in [0.2, 0.25) is 0 Å². The third-order valence-electron chi connectivity index (χ3n) is 3.11. The molecule has 0 radical (unpaired) electrons. The Labute approximate surface area is 103 Å². The van der Waals surface area contributed by atoms with E-state index in [0.29, 0.717) is 0 Å². The zero-order valence-corrected chi connectivity index (χ0v) is 10.9. The van der Waals surface area contributed by atoms with Crippen LogP contribution in [0.3, 0.4) is 0 Å². The Balaban J connectivity index is 1.90. The van der Waals surface area contributed by atoms with Gasteiger partial charge in [-0.15, -0.1) is 11.8 Å². The number of halogens is 1. The number of hydrogen-bond acceptors (Lipinski definition) is 2. The van der Waals surface area contributed by atoms with Gasteiger partial charge in [-0.3, -0.25) is 0 Å². The number of ether oxygens (including phenoxy) is 1. The maximum absolute atomic E-state index is 6.00. The lowest BCUT2D eigenvalue weighted by Gasteiger charge is -2.32. The van der Waals surface area contributed by atoms with Crippen molar-refractivity contribution in [1.29, 1.82) is 0 Å². The van der Waals surface area contributed by atoms with E-state index in [9.17, 15) is 0 Å². The second kappa shape index (κ2) is 3.79. The van der Waals surface area contributed by atoms with Gasteiger partial charge in [0, 0.05) is 23.9 Å². The molecule has 1 aliphatic heterocycles. The summed E-state index contributed by atoms with van der Waals surface area (Å²) >= 11 is 5.53. The molecule has 15 heavy (non-hydrogen) atoms. The van der Waals surface area contributed by atoms with E-state index in [1.165, 1.54) is 27.8 Å². The summed E-state index contributed by atoms with van der Waals surface area (Å²) in [6.45, 7) is 0.933. The van der Waals surface area contributed by atoms with Crippen LogP contribution in [0, 0.1) is 0 Å². The van der Waals surface area contributed by atoms with Gasteiger partial charge in [0.15, 0.2) is 0 Å². The molecule has 0 saturated carbocycles. The van der Waals surface area contributed by atoms with Gasteiger partial charge in [0.1, 0.15) is 4.93 Å². The van der Waals surface area contributed by atoms with Crippen LogP contribution < -0.4 is 0 Å². The van der Waals surface area contributed by atoms with E-state index in [1.54, 1.807) is 0 Å². The highest BCUT2D eigenvalue weighted by Gasteiger charge is 2.40. The molecule has 1 aromatic carbocycles. The fourth-order valence-electron chi connectivity index (χ4n) is 2.40. The van der Waals surface area contributed by atoms with Crippen LogP contribution in [-0.4, -0.2) is 17.3 Å². The first kappa shape index (κ1) is 10.2. The quantitative estimate of drug-likeness (QED) is 0.722. The summed E-state index contributed by atoms with van der Waals surface area (Å²) in [5.74, 6) is 1.25. The van der Waals surface area contributed by atoms with Crippen molar-refractivity contribution < 1.29 is 4.74 Å². The van der Waals surface area contributed by atoms with Gasteiger partial charge in [-0.05, 0) is 35.4 Å². The molecular weight excluding hydrogens is 272 g/mol. The first-order valence-electron chi connectivity index (χ1n) is 5.33. The number of benzene rings is 1. The summed E-state index contributed by atoms with van der Waals surface area (Å²) in [7, 11) is 0. The van der Waals surface area contributed by atoms with Crippen LogP contribution in [0.4, 0.5) is 0 Å². The second-order valence-corrected chi connectivity index (χ2v) is 6.58.